The van der Waals surface area contributed by atoms with Crippen LogP contribution in [-0.4, -0.2) is 68.5 Å². The van der Waals surface area contributed by atoms with Crippen LogP contribution < -0.4 is 10.2 Å². The lowest BCUT2D eigenvalue weighted by Gasteiger charge is -2.29. The Hall–Kier alpha value is -1.02. The van der Waals surface area contributed by atoms with Crippen molar-refractivity contribution in [2.45, 2.75) is 187 Å². The summed E-state index contributed by atoms with van der Waals surface area (Å²) in [5, 5.41) is 13.7. The van der Waals surface area contributed by atoms with Gasteiger partial charge in [0, 0.05) is 6.42 Å². The molecule has 3 atom stereocenters. The Morgan fingerprint density at radius 1 is 0.694 bits per heavy atom. The van der Waals surface area contributed by atoms with Crippen LogP contribution in [-0.2, 0) is 18.4 Å². The molecule has 0 aromatic heterocycles. The topological polar surface area (TPSA) is 108 Å². The van der Waals surface area contributed by atoms with Gasteiger partial charge in [-0.15, -0.1) is 0 Å². The van der Waals surface area contributed by atoms with Crippen LogP contribution in [0.3, 0.4) is 0 Å². The molecule has 0 saturated carbocycles. The summed E-state index contributed by atoms with van der Waals surface area (Å²) < 4.78 is 23.1. The summed E-state index contributed by atoms with van der Waals surface area (Å²) in [5.41, 5.74) is 0. The maximum atomic E-state index is 12.8. The molecule has 0 aromatic rings. The minimum atomic E-state index is -4.58. The van der Waals surface area contributed by atoms with Gasteiger partial charge in [0.15, 0.2) is 0 Å². The average Bonchev–Trinajstić information content (AvgIpc) is 3.04. The fourth-order valence-electron chi connectivity index (χ4n) is 5.62. The van der Waals surface area contributed by atoms with Crippen LogP contribution in [0.5, 0.6) is 0 Å². The summed E-state index contributed by atoms with van der Waals surface area (Å²) in [5.74, 6) is -0.208. The van der Waals surface area contributed by atoms with E-state index in [9.17, 15) is 19.4 Å². The lowest BCUT2D eigenvalue weighted by atomic mass is 10.1. The third kappa shape index (κ3) is 35.2. The number of rotatable bonds is 36. The van der Waals surface area contributed by atoms with Crippen LogP contribution in [0, 0.1) is 0 Å². The molecule has 0 saturated heterocycles. The molecule has 0 aliphatic rings. The Kier molecular flexibility index (Phi) is 32.2. The highest BCUT2D eigenvalue weighted by molar-refractivity contribution is 7.45. The molecule has 290 valence electrons. The number of allylic oxidation sites excluding steroid dienone is 3. The molecule has 2 N–H and O–H groups in total. The fourth-order valence-corrected chi connectivity index (χ4v) is 6.34. The normalized spacial score (nSPS) is 14.8. The first kappa shape index (κ1) is 48.0. The fraction of sp³-hybridized carbons (Fsp3) is 0.875. The number of phosphoric acid groups is 1. The van der Waals surface area contributed by atoms with Gasteiger partial charge in [-0.2, -0.15) is 0 Å². The van der Waals surface area contributed by atoms with E-state index >= 15 is 0 Å². The summed E-state index contributed by atoms with van der Waals surface area (Å²) >= 11 is 0. The zero-order valence-electron chi connectivity index (χ0n) is 32.6. The molecule has 0 fully saturated rings. The molecule has 0 heterocycles. The molecule has 0 rings (SSSR count). The second kappa shape index (κ2) is 32.9. The van der Waals surface area contributed by atoms with Crippen molar-refractivity contribution in [3.8, 4) is 0 Å². The van der Waals surface area contributed by atoms with Crippen LogP contribution in [0.1, 0.15) is 174 Å². The van der Waals surface area contributed by atoms with E-state index in [0.717, 1.165) is 51.4 Å². The number of nitrogens with one attached hydrogen (secondary N) is 1. The molecule has 0 bridgehead atoms. The van der Waals surface area contributed by atoms with Gasteiger partial charge in [-0.1, -0.05) is 147 Å². The maximum Gasteiger partial charge on any atom is 0.268 e. The smallest absolute Gasteiger partial charge is 0.268 e. The van der Waals surface area contributed by atoms with Gasteiger partial charge in [-0.25, -0.2) is 0 Å². The van der Waals surface area contributed by atoms with Crippen molar-refractivity contribution in [2.24, 2.45) is 0 Å². The summed E-state index contributed by atoms with van der Waals surface area (Å²) in [6.07, 6.45) is 36.4. The van der Waals surface area contributed by atoms with Gasteiger partial charge in [-0.05, 0) is 44.9 Å². The van der Waals surface area contributed by atoms with E-state index < -0.39 is 20.0 Å². The van der Waals surface area contributed by atoms with Gasteiger partial charge in [0.25, 0.3) is 7.82 Å². The number of hydrogen-bond donors (Lipinski definition) is 2. The molecule has 0 aliphatic heterocycles. The van der Waals surface area contributed by atoms with Crippen molar-refractivity contribution in [3.63, 3.8) is 0 Å². The van der Waals surface area contributed by atoms with E-state index in [1.807, 2.05) is 27.2 Å². The second-order valence-electron chi connectivity index (χ2n) is 15.0. The molecule has 0 spiro atoms. The van der Waals surface area contributed by atoms with Crippen LogP contribution in [0.15, 0.2) is 24.3 Å². The molecule has 49 heavy (non-hydrogen) atoms. The zero-order valence-corrected chi connectivity index (χ0v) is 33.5. The number of aliphatic hydroxyl groups is 1. The molecule has 8 nitrogen and oxygen atoms in total. The van der Waals surface area contributed by atoms with Gasteiger partial charge in [-0.3, -0.25) is 9.36 Å². The first-order valence-corrected chi connectivity index (χ1v) is 21.7. The number of nitrogens with zero attached hydrogens (tertiary/aromatic N) is 1. The largest absolute Gasteiger partial charge is 0.756 e. The van der Waals surface area contributed by atoms with E-state index in [1.165, 1.54) is 103 Å². The summed E-state index contributed by atoms with van der Waals surface area (Å²) in [6, 6.07) is -0.885. The summed E-state index contributed by atoms with van der Waals surface area (Å²) in [7, 11) is 1.25. The van der Waals surface area contributed by atoms with Crippen molar-refractivity contribution in [1.29, 1.82) is 0 Å². The minimum absolute atomic E-state index is 0.00189. The van der Waals surface area contributed by atoms with Crippen molar-refractivity contribution in [1.82, 2.24) is 5.32 Å². The zero-order chi connectivity index (χ0) is 36.5. The SMILES string of the molecule is CCCCCCCC/C=C\CCCCCCCC(=O)NC(COP(=O)([O-])OCC[N+](C)(C)C)C(O)/C=C/CCCCCCCCCCCC. The van der Waals surface area contributed by atoms with Crippen LogP contribution in [0.4, 0.5) is 0 Å². The standard InChI is InChI=1S/C40H79N2O6P/c1-6-8-10-12-14-16-18-20-21-22-24-26-28-30-32-34-40(44)41-38(37-48-49(45,46)47-36-35-42(3,4)5)39(43)33-31-29-27-25-23-19-17-15-13-11-9-7-2/h20-21,31,33,38-39,43H,6-19,22-30,32,34-37H2,1-5H3,(H-,41,44,45,46)/b21-20-,33-31+. The number of hydrogen-bond acceptors (Lipinski definition) is 6. The maximum absolute atomic E-state index is 12.8. The second-order valence-corrected chi connectivity index (χ2v) is 16.4. The Morgan fingerprint density at radius 3 is 1.59 bits per heavy atom. The van der Waals surface area contributed by atoms with Crippen LogP contribution in [0.25, 0.3) is 0 Å². The van der Waals surface area contributed by atoms with Crippen molar-refractivity contribution < 1.29 is 32.9 Å². The van der Waals surface area contributed by atoms with E-state index in [0.29, 0.717) is 17.4 Å². The highest BCUT2D eigenvalue weighted by Gasteiger charge is 2.23. The Morgan fingerprint density at radius 2 is 1.12 bits per heavy atom. The number of phosphoric ester groups is 1. The monoisotopic (exact) mass is 715 g/mol. The first-order valence-electron chi connectivity index (χ1n) is 20.2. The molecular weight excluding hydrogens is 635 g/mol. The summed E-state index contributed by atoms with van der Waals surface area (Å²) in [4.78, 5) is 25.2. The van der Waals surface area contributed by atoms with E-state index in [4.69, 9.17) is 9.05 Å². The molecule has 1 amide bonds. The third-order valence-corrected chi connectivity index (χ3v) is 9.87. The van der Waals surface area contributed by atoms with Gasteiger partial charge >= 0.3 is 0 Å². The average molecular weight is 715 g/mol. The summed E-state index contributed by atoms with van der Waals surface area (Å²) in [6.45, 7) is 4.61. The number of carbonyl (C=O) groups excluding carboxylic acids is 1. The molecule has 0 radical (unpaired) electrons. The van der Waals surface area contributed by atoms with Gasteiger partial charge < -0.3 is 28.8 Å². The van der Waals surface area contributed by atoms with Crippen LogP contribution in [0.2, 0.25) is 0 Å². The molecule has 3 unspecified atom stereocenters. The predicted molar refractivity (Wildman–Crippen MR) is 205 cm³/mol. The molecule has 9 heteroatoms. The third-order valence-electron chi connectivity index (χ3n) is 8.91. The number of carbonyl (C=O) groups is 1. The number of amides is 1. The van der Waals surface area contributed by atoms with Gasteiger partial charge in [0.1, 0.15) is 13.2 Å². The Balaban J connectivity index is 4.51. The van der Waals surface area contributed by atoms with Crippen LogP contribution >= 0.6 is 7.82 Å². The molecule has 0 aromatic carbocycles. The van der Waals surface area contributed by atoms with Crippen molar-refractivity contribution in [2.75, 3.05) is 40.9 Å². The van der Waals surface area contributed by atoms with Crippen molar-refractivity contribution in [3.05, 3.63) is 24.3 Å². The van der Waals surface area contributed by atoms with E-state index in [1.54, 1.807) is 6.08 Å². The first-order chi connectivity index (χ1) is 23.5. The Labute approximate surface area is 303 Å². The van der Waals surface area contributed by atoms with Gasteiger partial charge in [0.2, 0.25) is 5.91 Å². The molecule has 0 aliphatic carbocycles. The lowest BCUT2D eigenvalue weighted by Crippen LogP contribution is -2.45. The highest BCUT2D eigenvalue weighted by atomic mass is 31.2. The Bertz CT molecular complexity index is 860. The number of likely N-dealkylation sites (N-methyl/N-ethyl adjacent to an activating group) is 1. The number of aliphatic hydroxyl groups excluding tert-OH is 1. The lowest BCUT2D eigenvalue weighted by molar-refractivity contribution is -0.870. The number of unbranched alkanes of at least 4 members (excludes halogenated alkanes) is 21. The number of quaternary nitrogens is 1. The minimum Gasteiger partial charge on any atom is -0.756 e. The highest BCUT2D eigenvalue weighted by Crippen LogP contribution is 2.38. The van der Waals surface area contributed by atoms with E-state index in [-0.39, 0.29) is 19.1 Å². The van der Waals surface area contributed by atoms with Gasteiger partial charge in [0.05, 0.1) is 39.9 Å². The van der Waals surface area contributed by atoms with E-state index in [2.05, 4.69) is 31.3 Å². The van der Waals surface area contributed by atoms with Crippen molar-refractivity contribution >= 4 is 13.7 Å². The quantitative estimate of drug-likeness (QED) is 0.0290. The molecular formula is C40H79N2O6P. The predicted octanol–water partition coefficient (Wildman–Crippen LogP) is 9.94.